The lowest BCUT2D eigenvalue weighted by molar-refractivity contribution is -0.124. The van der Waals surface area contributed by atoms with Gasteiger partial charge in [0.1, 0.15) is 5.75 Å². The van der Waals surface area contributed by atoms with E-state index in [9.17, 15) is 4.79 Å². The predicted molar refractivity (Wildman–Crippen MR) is 87.5 cm³/mol. The van der Waals surface area contributed by atoms with E-state index in [2.05, 4.69) is 5.32 Å². The highest BCUT2D eigenvalue weighted by Crippen LogP contribution is 2.48. The number of hydrogen-bond donors (Lipinski definition) is 1. The Morgan fingerprint density at radius 2 is 1.86 bits per heavy atom. The van der Waals surface area contributed by atoms with Crippen LogP contribution in [0.5, 0.6) is 5.75 Å². The number of para-hydroxylation sites is 1. The normalized spacial score (nSPS) is 15.2. The minimum Gasteiger partial charge on any atom is -0.484 e. The van der Waals surface area contributed by atoms with E-state index in [0.717, 1.165) is 18.4 Å². The highest BCUT2D eigenvalue weighted by atomic mass is 35.5. The summed E-state index contributed by atoms with van der Waals surface area (Å²) in [6.45, 7) is -0.0169. The van der Waals surface area contributed by atoms with Crippen LogP contribution >= 0.6 is 23.2 Å². The molecule has 22 heavy (non-hydrogen) atoms. The number of hydrogen-bond acceptors (Lipinski definition) is 2. The molecule has 2 aromatic carbocycles. The Morgan fingerprint density at radius 3 is 2.50 bits per heavy atom. The fourth-order valence-electron chi connectivity index (χ4n) is 2.43. The summed E-state index contributed by atoms with van der Waals surface area (Å²) in [5.74, 6) is 0.513. The summed E-state index contributed by atoms with van der Waals surface area (Å²) in [7, 11) is 0. The van der Waals surface area contributed by atoms with Crippen LogP contribution in [0.2, 0.25) is 10.0 Å². The zero-order valence-electron chi connectivity index (χ0n) is 11.8. The Hall–Kier alpha value is -1.71. The van der Waals surface area contributed by atoms with Gasteiger partial charge in [-0.2, -0.15) is 0 Å². The number of benzene rings is 2. The maximum Gasteiger partial charge on any atom is 0.258 e. The van der Waals surface area contributed by atoms with Gasteiger partial charge in [0.2, 0.25) is 0 Å². The van der Waals surface area contributed by atoms with Crippen LogP contribution in [0.3, 0.4) is 0 Å². The Kier molecular flexibility index (Phi) is 4.27. The topological polar surface area (TPSA) is 38.3 Å². The van der Waals surface area contributed by atoms with Crippen molar-refractivity contribution in [2.45, 2.75) is 18.4 Å². The minimum absolute atomic E-state index is 0.0169. The van der Waals surface area contributed by atoms with Gasteiger partial charge in [0.15, 0.2) is 6.61 Å². The van der Waals surface area contributed by atoms with Crippen molar-refractivity contribution in [2.24, 2.45) is 0 Å². The molecule has 0 atom stereocenters. The predicted octanol–water partition coefficient (Wildman–Crippen LogP) is 4.18. The standard InChI is InChI=1S/C17H15Cl2NO2/c18-12-6-7-14(15(19)10-12)17(8-9-17)20-16(21)11-22-13-4-2-1-3-5-13/h1-7,10H,8-9,11H2,(H,20,21). The summed E-state index contributed by atoms with van der Waals surface area (Å²) in [6.07, 6.45) is 1.73. The fraction of sp³-hybridized carbons (Fsp3) is 0.235. The van der Waals surface area contributed by atoms with Gasteiger partial charge in [0.25, 0.3) is 5.91 Å². The molecule has 114 valence electrons. The molecule has 1 aliphatic carbocycles. The lowest BCUT2D eigenvalue weighted by Gasteiger charge is -2.19. The van der Waals surface area contributed by atoms with Gasteiger partial charge in [-0.05, 0) is 42.7 Å². The van der Waals surface area contributed by atoms with Crippen LogP contribution < -0.4 is 10.1 Å². The summed E-state index contributed by atoms with van der Waals surface area (Å²) in [6, 6.07) is 14.6. The number of rotatable bonds is 5. The molecule has 0 aromatic heterocycles. The first-order chi connectivity index (χ1) is 10.6. The Labute approximate surface area is 139 Å². The molecule has 1 fully saturated rings. The molecule has 2 aromatic rings. The quantitative estimate of drug-likeness (QED) is 0.890. The van der Waals surface area contributed by atoms with E-state index < -0.39 is 0 Å². The smallest absolute Gasteiger partial charge is 0.258 e. The average molecular weight is 336 g/mol. The number of amides is 1. The van der Waals surface area contributed by atoms with Gasteiger partial charge in [-0.15, -0.1) is 0 Å². The second-order valence-corrected chi connectivity index (χ2v) is 6.20. The van der Waals surface area contributed by atoms with Gasteiger partial charge in [0.05, 0.1) is 5.54 Å². The maximum atomic E-state index is 12.1. The van der Waals surface area contributed by atoms with Crippen molar-refractivity contribution in [3.8, 4) is 5.75 Å². The Balaban J connectivity index is 1.63. The van der Waals surface area contributed by atoms with E-state index in [1.807, 2.05) is 36.4 Å². The molecule has 5 heteroatoms. The van der Waals surface area contributed by atoms with Crippen molar-refractivity contribution in [2.75, 3.05) is 6.61 Å². The molecule has 0 aliphatic heterocycles. The molecule has 0 unspecified atom stereocenters. The second-order valence-electron chi connectivity index (χ2n) is 5.36. The van der Waals surface area contributed by atoms with Crippen LogP contribution in [0.15, 0.2) is 48.5 Å². The molecule has 1 aliphatic rings. The third-order valence-corrected chi connectivity index (χ3v) is 4.24. The van der Waals surface area contributed by atoms with Crippen molar-refractivity contribution < 1.29 is 9.53 Å². The fourth-order valence-corrected chi connectivity index (χ4v) is 3.02. The van der Waals surface area contributed by atoms with Crippen LogP contribution in [0.4, 0.5) is 0 Å². The Bertz CT molecular complexity index is 684. The first-order valence-electron chi connectivity index (χ1n) is 7.03. The van der Waals surface area contributed by atoms with Gasteiger partial charge >= 0.3 is 0 Å². The molecule has 1 saturated carbocycles. The molecular weight excluding hydrogens is 321 g/mol. The van der Waals surface area contributed by atoms with Crippen molar-refractivity contribution in [1.29, 1.82) is 0 Å². The van der Waals surface area contributed by atoms with Crippen molar-refractivity contribution in [1.82, 2.24) is 5.32 Å². The third-order valence-electron chi connectivity index (χ3n) is 3.69. The lowest BCUT2D eigenvalue weighted by atomic mass is 10.0. The largest absolute Gasteiger partial charge is 0.484 e. The van der Waals surface area contributed by atoms with E-state index in [0.29, 0.717) is 15.8 Å². The third kappa shape index (κ3) is 3.37. The zero-order chi connectivity index (χ0) is 15.6. The van der Waals surface area contributed by atoms with Crippen LogP contribution in [-0.4, -0.2) is 12.5 Å². The molecule has 0 bridgehead atoms. The summed E-state index contributed by atoms with van der Waals surface area (Å²) < 4.78 is 5.46. The zero-order valence-corrected chi connectivity index (χ0v) is 13.3. The number of nitrogens with one attached hydrogen (secondary N) is 1. The Morgan fingerprint density at radius 1 is 1.14 bits per heavy atom. The first-order valence-corrected chi connectivity index (χ1v) is 7.79. The summed E-state index contributed by atoms with van der Waals surface area (Å²) >= 11 is 12.2. The van der Waals surface area contributed by atoms with Gasteiger partial charge < -0.3 is 10.1 Å². The molecule has 0 radical (unpaired) electrons. The monoisotopic (exact) mass is 335 g/mol. The molecule has 1 N–H and O–H groups in total. The molecule has 1 amide bonds. The van der Waals surface area contributed by atoms with Crippen molar-refractivity contribution in [3.63, 3.8) is 0 Å². The highest BCUT2D eigenvalue weighted by molar-refractivity contribution is 6.35. The van der Waals surface area contributed by atoms with Gasteiger partial charge in [-0.1, -0.05) is 47.5 Å². The number of carbonyl (C=O) groups is 1. The van der Waals surface area contributed by atoms with Crippen molar-refractivity contribution in [3.05, 3.63) is 64.1 Å². The number of carbonyl (C=O) groups excluding carboxylic acids is 1. The van der Waals surface area contributed by atoms with Crippen LogP contribution in [0.25, 0.3) is 0 Å². The summed E-state index contributed by atoms with van der Waals surface area (Å²) in [4.78, 5) is 12.1. The van der Waals surface area contributed by atoms with E-state index in [1.165, 1.54) is 0 Å². The SMILES string of the molecule is O=C(COc1ccccc1)NC1(c2ccc(Cl)cc2Cl)CC1. The first kappa shape index (κ1) is 15.2. The van der Waals surface area contributed by atoms with Crippen LogP contribution in [-0.2, 0) is 10.3 Å². The number of ether oxygens (including phenoxy) is 1. The molecule has 3 nitrogen and oxygen atoms in total. The van der Waals surface area contributed by atoms with Crippen LogP contribution in [0, 0.1) is 0 Å². The lowest BCUT2D eigenvalue weighted by Crippen LogP contribution is -2.38. The highest BCUT2D eigenvalue weighted by Gasteiger charge is 2.46. The molecule has 3 rings (SSSR count). The van der Waals surface area contributed by atoms with Gasteiger partial charge in [-0.3, -0.25) is 4.79 Å². The molecule has 0 saturated heterocycles. The summed E-state index contributed by atoms with van der Waals surface area (Å²) in [5.41, 5.74) is 0.533. The summed E-state index contributed by atoms with van der Waals surface area (Å²) in [5, 5.41) is 4.19. The maximum absolute atomic E-state index is 12.1. The van der Waals surface area contributed by atoms with Gasteiger partial charge in [0, 0.05) is 10.0 Å². The molecule has 0 heterocycles. The number of halogens is 2. The van der Waals surface area contributed by atoms with Gasteiger partial charge in [-0.25, -0.2) is 0 Å². The van der Waals surface area contributed by atoms with E-state index in [-0.39, 0.29) is 18.1 Å². The van der Waals surface area contributed by atoms with E-state index in [1.54, 1.807) is 12.1 Å². The minimum atomic E-state index is -0.376. The van der Waals surface area contributed by atoms with Crippen LogP contribution in [0.1, 0.15) is 18.4 Å². The second kappa shape index (κ2) is 6.19. The molecular formula is C17H15Cl2NO2. The average Bonchev–Trinajstić information content (AvgIpc) is 3.26. The van der Waals surface area contributed by atoms with Crippen molar-refractivity contribution >= 4 is 29.1 Å². The molecule has 0 spiro atoms. The van der Waals surface area contributed by atoms with E-state index in [4.69, 9.17) is 27.9 Å². The van der Waals surface area contributed by atoms with E-state index >= 15 is 0 Å².